The maximum Gasteiger partial charge on any atom is 0.168 e. The van der Waals surface area contributed by atoms with Gasteiger partial charge in [-0.15, -0.1) is 0 Å². The van der Waals surface area contributed by atoms with Crippen molar-refractivity contribution in [3.05, 3.63) is 51.6 Å². The summed E-state index contributed by atoms with van der Waals surface area (Å²) in [5, 5.41) is 2.97. The van der Waals surface area contributed by atoms with Crippen molar-refractivity contribution in [3.8, 4) is 5.75 Å². The van der Waals surface area contributed by atoms with Crippen molar-refractivity contribution in [2.75, 3.05) is 26.7 Å². The van der Waals surface area contributed by atoms with Crippen LogP contribution in [-0.2, 0) is 11.3 Å². The molecule has 2 aliphatic carbocycles. The molecule has 176 valence electrons. The molecule has 2 aromatic rings. The Morgan fingerprint density at radius 1 is 1.09 bits per heavy atom. The number of Topliss-reactive ketones (excluding diaryl/α,β-unsaturated/α-hetero) is 1. The number of aryl methyl sites for hydroxylation is 1. The lowest BCUT2D eigenvalue weighted by molar-refractivity contribution is 0.0966. The molecule has 1 saturated carbocycles. The van der Waals surface area contributed by atoms with E-state index < -0.39 is 0 Å². The highest BCUT2D eigenvalue weighted by Crippen LogP contribution is 2.32. The normalized spacial score (nSPS) is 19.2. The molecule has 2 heterocycles. The van der Waals surface area contributed by atoms with Crippen molar-refractivity contribution in [1.82, 2.24) is 9.47 Å². The SMILES string of the molecule is COC1=c2c(c(C(=O)C3CC3)cn2CCCN2CCC(Oc3ccc(Cl)cc3)CC2)=CCC1. The molecule has 0 radical (unpaired) electrons. The van der Waals surface area contributed by atoms with Gasteiger partial charge in [-0.2, -0.15) is 0 Å². The molecular formula is C27H33ClN2O3. The van der Waals surface area contributed by atoms with E-state index in [0.29, 0.717) is 5.78 Å². The number of hydrogen-bond acceptors (Lipinski definition) is 4. The van der Waals surface area contributed by atoms with Crippen molar-refractivity contribution in [1.29, 1.82) is 0 Å². The number of ether oxygens (including phenoxy) is 2. The van der Waals surface area contributed by atoms with Crippen LogP contribution in [-0.4, -0.2) is 48.1 Å². The van der Waals surface area contributed by atoms with Gasteiger partial charge in [-0.05, 0) is 69.3 Å². The van der Waals surface area contributed by atoms with Crippen molar-refractivity contribution < 1.29 is 14.3 Å². The molecule has 2 fully saturated rings. The van der Waals surface area contributed by atoms with Crippen LogP contribution in [0.25, 0.3) is 11.8 Å². The van der Waals surface area contributed by atoms with Crippen LogP contribution >= 0.6 is 11.6 Å². The lowest BCUT2D eigenvalue weighted by Gasteiger charge is -2.32. The quantitative estimate of drug-likeness (QED) is 0.522. The number of hydrogen-bond donors (Lipinski definition) is 0. The second-order valence-corrected chi connectivity index (χ2v) is 9.91. The minimum absolute atomic E-state index is 0.239. The Bertz CT molecular complexity index is 1110. The first-order chi connectivity index (χ1) is 16.1. The second kappa shape index (κ2) is 9.94. The van der Waals surface area contributed by atoms with Crippen LogP contribution in [0.3, 0.4) is 0 Å². The highest BCUT2D eigenvalue weighted by atomic mass is 35.5. The Labute approximate surface area is 200 Å². The van der Waals surface area contributed by atoms with Gasteiger partial charge in [0.2, 0.25) is 0 Å². The molecule has 1 saturated heterocycles. The number of fused-ring (bicyclic) bond motifs is 1. The van der Waals surface area contributed by atoms with Crippen molar-refractivity contribution in [3.63, 3.8) is 0 Å². The Kier molecular flexibility index (Phi) is 6.79. The van der Waals surface area contributed by atoms with Crippen LogP contribution in [0.15, 0.2) is 30.5 Å². The Morgan fingerprint density at radius 3 is 2.55 bits per heavy atom. The van der Waals surface area contributed by atoms with E-state index in [-0.39, 0.29) is 12.0 Å². The Balaban J connectivity index is 1.18. The summed E-state index contributed by atoms with van der Waals surface area (Å²) in [5.41, 5.74) is 0.905. The second-order valence-electron chi connectivity index (χ2n) is 9.47. The molecule has 5 rings (SSSR count). The molecule has 0 spiro atoms. The summed E-state index contributed by atoms with van der Waals surface area (Å²) in [5.74, 6) is 2.47. The predicted molar refractivity (Wildman–Crippen MR) is 131 cm³/mol. The molecular weight excluding hydrogens is 436 g/mol. The molecule has 0 amide bonds. The third-order valence-corrected chi connectivity index (χ3v) is 7.34. The monoisotopic (exact) mass is 468 g/mol. The van der Waals surface area contributed by atoms with Crippen LogP contribution in [0.5, 0.6) is 5.75 Å². The fourth-order valence-corrected chi connectivity index (χ4v) is 5.24. The van der Waals surface area contributed by atoms with Crippen LogP contribution in [0.4, 0.5) is 0 Å². The van der Waals surface area contributed by atoms with E-state index in [1.165, 1.54) is 0 Å². The van der Waals surface area contributed by atoms with Gasteiger partial charge < -0.3 is 18.9 Å². The number of rotatable bonds is 9. The fourth-order valence-electron chi connectivity index (χ4n) is 5.11. The fraction of sp³-hybridized carbons (Fsp3) is 0.519. The lowest BCUT2D eigenvalue weighted by atomic mass is 10.0. The molecule has 3 aliphatic rings. The van der Waals surface area contributed by atoms with E-state index in [2.05, 4.69) is 21.7 Å². The van der Waals surface area contributed by atoms with E-state index in [1.807, 2.05) is 24.3 Å². The van der Waals surface area contributed by atoms with E-state index in [4.69, 9.17) is 21.1 Å². The smallest absolute Gasteiger partial charge is 0.168 e. The molecule has 1 aliphatic heterocycles. The van der Waals surface area contributed by atoms with Gasteiger partial charge in [0.15, 0.2) is 5.78 Å². The van der Waals surface area contributed by atoms with Crippen LogP contribution in [0, 0.1) is 5.92 Å². The summed E-state index contributed by atoms with van der Waals surface area (Å²) in [6.45, 7) is 4.06. The number of halogens is 1. The highest BCUT2D eigenvalue weighted by molar-refractivity contribution is 6.30. The van der Waals surface area contributed by atoms with Gasteiger partial charge in [0.1, 0.15) is 17.6 Å². The summed E-state index contributed by atoms with van der Waals surface area (Å²) in [6.07, 6.45) is 11.7. The summed E-state index contributed by atoms with van der Waals surface area (Å²) in [4.78, 5) is 15.4. The summed E-state index contributed by atoms with van der Waals surface area (Å²) in [6, 6.07) is 7.63. The first-order valence-corrected chi connectivity index (χ1v) is 12.7. The standard InChI is InChI=1S/C27H33ClN2O3/c1-32-25-5-2-4-23-24(27(31)19-6-7-19)18-30(26(23)25)15-3-14-29-16-12-22(13-17-29)33-21-10-8-20(28)9-11-21/h4,8-11,18-19,22H,2-3,5-7,12-17H2,1H3. The van der Waals surface area contributed by atoms with Crippen molar-refractivity contribution >= 4 is 29.2 Å². The number of ketones is 1. The zero-order valence-electron chi connectivity index (χ0n) is 19.4. The Hall–Kier alpha value is -2.24. The first kappa shape index (κ1) is 22.5. The maximum atomic E-state index is 12.9. The van der Waals surface area contributed by atoms with E-state index >= 15 is 0 Å². The molecule has 0 unspecified atom stereocenters. The third kappa shape index (κ3) is 5.15. The average molecular weight is 469 g/mol. The number of carbonyl (C=O) groups is 1. The van der Waals surface area contributed by atoms with Crippen molar-refractivity contribution in [2.24, 2.45) is 5.92 Å². The van der Waals surface area contributed by atoms with Crippen LogP contribution < -0.4 is 15.3 Å². The number of nitrogens with zero attached hydrogens (tertiary/aromatic N) is 2. The topological polar surface area (TPSA) is 43.7 Å². The zero-order chi connectivity index (χ0) is 22.8. The summed E-state index contributed by atoms with van der Waals surface area (Å²) in [7, 11) is 1.75. The first-order valence-electron chi connectivity index (χ1n) is 12.3. The minimum atomic E-state index is 0.239. The maximum absolute atomic E-state index is 12.9. The van der Waals surface area contributed by atoms with Gasteiger partial charge in [-0.3, -0.25) is 4.79 Å². The molecule has 6 heteroatoms. The van der Waals surface area contributed by atoms with E-state index in [1.54, 1.807) is 7.11 Å². The number of likely N-dealkylation sites (tertiary alicyclic amines) is 1. The lowest BCUT2D eigenvalue weighted by Crippen LogP contribution is -2.39. The summed E-state index contributed by atoms with van der Waals surface area (Å²) >= 11 is 5.96. The Morgan fingerprint density at radius 2 is 1.85 bits per heavy atom. The van der Waals surface area contributed by atoms with Crippen LogP contribution in [0.1, 0.15) is 55.3 Å². The molecule has 1 aromatic carbocycles. The van der Waals surface area contributed by atoms with Gasteiger partial charge in [0, 0.05) is 54.0 Å². The predicted octanol–water partition coefficient (Wildman–Crippen LogP) is 4.00. The number of benzene rings is 1. The van der Waals surface area contributed by atoms with E-state index in [0.717, 1.165) is 104 Å². The highest BCUT2D eigenvalue weighted by Gasteiger charge is 2.32. The van der Waals surface area contributed by atoms with Gasteiger partial charge in [0.05, 0.1) is 12.5 Å². The minimum Gasteiger partial charge on any atom is -0.499 e. The molecule has 33 heavy (non-hydrogen) atoms. The molecule has 1 aromatic heterocycles. The van der Waals surface area contributed by atoms with Crippen molar-refractivity contribution in [2.45, 2.75) is 57.6 Å². The molecule has 5 nitrogen and oxygen atoms in total. The largest absolute Gasteiger partial charge is 0.499 e. The molecule has 0 N–H and O–H groups in total. The van der Waals surface area contributed by atoms with Gasteiger partial charge in [-0.1, -0.05) is 17.7 Å². The number of piperidine rings is 1. The molecule has 0 atom stereocenters. The van der Waals surface area contributed by atoms with Gasteiger partial charge >= 0.3 is 0 Å². The van der Waals surface area contributed by atoms with Gasteiger partial charge in [0.25, 0.3) is 0 Å². The van der Waals surface area contributed by atoms with Gasteiger partial charge in [-0.25, -0.2) is 0 Å². The summed E-state index contributed by atoms with van der Waals surface area (Å²) < 4.78 is 14.1. The number of aromatic nitrogens is 1. The average Bonchev–Trinajstić information content (AvgIpc) is 3.63. The molecule has 0 bridgehead atoms. The number of methoxy groups -OCH3 is 1. The van der Waals surface area contributed by atoms with Crippen LogP contribution in [0.2, 0.25) is 5.02 Å². The zero-order valence-corrected chi connectivity index (χ0v) is 20.2. The van der Waals surface area contributed by atoms with E-state index in [9.17, 15) is 4.79 Å². The number of carbonyl (C=O) groups excluding carboxylic acids is 1. The third-order valence-electron chi connectivity index (χ3n) is 7.09.